The molecule has 6 nitrogen and oxygen atoms in total. The van der Waals surface area contributed by atoms with Gasteiger partial charge in [0.25, 0.3) is 0 Å². The molecule has 3 aliphatic rings. The molecule has 0 unspecified atom stereocenters. The average Bonchev–Trinajstić information content (AvgIpc) is 3.67. The van der Waals surface area contributed by atoms with Gasteiger partial charge >= 0.3 is 12.4 Å². The molecule has 2 aliphatic heterocycles. The molecule has 0 bridgehead atoms. The Morgan fingerprint density at radius 3 is 2.19 bits per heavy atom. The summed E-state index contributed by atoms with van der Waals surface area (Å²) in [5.41, 5.74) is -0.443. The zero-order chi connectivity index (χ0) is 37.7. The number of phenolic OH excluding ortho intramolecular Hbond substituents is 1. The molecule has 1 aliphatic carbocycles. The van der Waals surface area contributed by atoms with Crippen molar-refractivity contribution in [2.75, 3.05) is 18.1 Å². The van der Waals surface area contributed by atoms with Gasteiger partial charge < -0.3 is 14.6 Å². The van der Waals surface area contributed by atoms with Crippen molar-refractivity contribution in [1.82, 2.24) is 0 Å². The molecule has 4 atom stereocenters. The lowest BCUT2D eigenvalue weighted by Crippen LogP contribution is -2.35. The van der Waals surface area contributed by atoms with E-state index in [1.165, 1.54) is 0 Å². The maximum absolute atomic E-state index is 14.1. The summed E-state index contributed by atoms with van der Waals surface area (Å²) in [5, 5.41) is 12.0. The number of carbonyl (C=O) groups is 2. The second kappa shape index (κ2) is 14.0. The second-order valence-electron chi connectivity index (χ2n) is 13.6. The molecule has 53 heavy (non-hydrogen) atoms. The van der Waals surface area contributed by atoms with Crippen molar-refractivity contribution in [2.45, 2.75) is 51.1 Å². The summed E-state index contributed by atoms with van der Waals surface area (Å²) in [6.07, 6.45) is -6.82. The van der Waals surface area contributed by atoms with Crippen molar-refractivity contribution < 1.29 is 50.5 Å². The van der Waals surface area contributed by atoms with E-state index >= 15 is 0 Å². The molecule has 0 spiro atoms. The van der Waals surface area contributed by atoms with E-state index in [-0.39, 0.29) is 31.5 Å². The first-order valence-electron chi connectivity index (χ1n) is 17.3. The molecule has 0 saturated carbocycles. The van der Waals surface area contributed by atoms with Gasteiger partial charge in [-0.05, 0) is 84.2 Å². The molecule has 4 aromatic rings. The molecule has 2 saturated heterocycles. The number of amides is 2. The van der Waals surface area contributed by atoms with Gasteiger partial charge in [-0.1, -0.05) is 67.1 Å². The van der Waals surface area contributed by atoms with Gasteiger partial charge in [0.1, 0.15) is 18.1 Å². The molecule has 12 heteroatoms. The Kier molecular flexibility index (Phi) is 9.61. The van der Waals surface area contributed by atoms with Crippen LogP contribution in [0.3, 0.4) is 0 Å². The summed E-state index contributed by atoms with van der Waals surface area (Å²) in [5.74, 6) is -3.65. The lowest BCUT2D eigenvalue weighted by atomic mass is 9.69. The first kappa shape index (κ1) is 36.3. The largest absolute Gasteiger partial charge is 0.507 e. The van der Waals surface area contributed by atoms with Crippen molar-refractivity contribution in [3.05, 3.63) is 118 Å². The number of ether oxygens (including phenoxy) is 2. The monoisotopic (exact) mass is 735 g/mol. The number of carbonyl (C=O) groups excluding carboxylic acids is 2. The molecule has 1 N–H and O–H groups in total. The van der Waals surface area contributed by atoms with Crippen LogP contribution < -0.4 is 9.64 Å². The fraction of sp³-hybridized carbons (Fsp3) is 0.317. The van der Waals surface area contributed by atoms with Gasteiger partial charge in [-0.3, -0.25) is 9.59 Å². The third kappa shape index (κ3) is 7.04. The Balaban J connectivity index is 1.21. The van der Waals surface area contributed by atoms with Crippen LogP contribution in [-0.2, 0) is 26.7 Å². The number of fused-ring (bicyclic) bond motifs is 4. The van der Waals surface area contributed by atoms with Crippen molar-refractivity contribution in [3.63, 3.8) is 0 Å². The van der Waals surface area contributed by atoms with E-state index < -0.39 is 64.8 Å². The summed E-state index contributed by atoms with van der Waals surface area (Å²) in [7, 11) is 0. The van der Waals surface area contributed by atoms with Crippen LogP contribution in [0.2, 0.25) is 0 Å². The molecule has 7 rings (SSSR count). The molecule has 276 valence electrons. The number of benzene rings is 4. The Morgan fingerprint density at radius 2 is 1.53 bits per heavy atom. The zero-order valence-electron chi connectivity index (χ0n) is 28.5. The maximum atomic E-state index is 14.1. The van der Waals surface area contributed by atoms with Crippen LogP contribution in [0.15, 0.2) is 102 Å². The predicted octanol–water partition coefficient (Wildman–Crippen LogP) is 9.76. The third-order valence-electron chi connectivity index (χ3n) is 10.5. The molecule has 0 aromatic heterocycles. The summed E-state index contributed by atoms with van der Waals surface area (Å²) in [6.45, 7) is 2.14. The minimum atomic E-state index is -5.15. The van der Waals surface area contributed by atoms with E-state index in [0.717, 1.165) is 39.5 Å². The number of hydrogen-bond acceptors (Lipinski definition) is 5. The molecule has 4 aromatic carbocycles. The third-order valence-corrected chi connectivity index (χ3v) is 10.5. The summed E-state index contributed by atoms with van der Waals surface area (Å²) >= 11 is 0. The van der Waals surface area contributed by atoms with E-state index in [1.807, 2.05) is 43.3 Å². The highest BCUT2D eigenvalue weighted by molar-refractivity contribution is 6.22. The number of halogens is 6. The number of aromatic hydroxyl groups is 1. The second-order valence-corrected chi connectivity index (χ2v) is 13.6. The van der Waals surface area contributed by atoms with Crippen LogP contribution >= 0.6 is 0 Å². The lowest BCUT2D eigenvalue weighted by molar-refractivity contribution is -0.143. The number of anilines is 1. The van der Waals surface area contributed by atoms with E-state index in [2.05, 4.69) is 6.08 Å². The molecule has 0 radical (unpaired) electrons. The first-order valence-corrected chi connectivity index (χ1v) is 17.3. The van der Waals surface area contributed by atoms with Gasteiger partial charge in [0.15, 0.2) is 0 Å². The first-order chi connectivity index (χ1) is 25.2. The fourth-order valence-corrected chi connectivity index (χ4v) is 7.93. The average molecular weight is 736 g/mol. The Hall–Kier alpha value is -5.10. The summed E-state index contributed by atoms with van der Waals surface area (Å²) in [6, 6.07) is 20.8. The van der Waals surface area contributed by atoms with Crippen LogP contribution in [0.5, 0.6) is 11.5 Å². The molecular weight excluding hydrogens is 700 g/mol. The maximum Gasteiger partial charge on any atom is 0.416 e. The van der Waals surface area contributed by atoms with Crippen LogP contribution in [0.1, 0.15) is 49.3 Å². The Bertz CT molecular complexity index is 2090. The van der Waals surface area contributed by atoms with Gasteiger partial charge in [0.05, 0.1) is 41.4 Å². The van der Waals surface area contributed by atoms with Gasteiger partial charge in [0, 0.05) is 11.3 Å². The molecule has 2 fully saturated rings. The van der Waals surface area contributed by atoms with Crippen molar-refractivity contribution >= 4 is 34.4 Å². The summed E-state index contributed by atoms with van der Waals surface area (Å²) < 4.78 is 95.0. The number of phenols is 1. The topological polar surface area (TPSA) is 76.1 Å². The quantitative estimate of drug-likeness (QED) is 0.105. The Morgan fingerprint density at radius 1 is 0.868 bits per heavy atom. The van der Waals surface area contributed by atoms with E-state index in [4.69, 9.17) is 9.47 Å². The number of nitrogens with zero attached hydrogens (tertiary/aromatic N) is 1. The number of para-hydroxylation sites is 1. The number of rotatable bonds is 9. The number of allylic oxidation sites excluding steroid dienone is 1. The van der Waals surface area contributed by atoms with Crippen molar-refractivity contribution in [2.24, 2.45) is 17.8 Å². The van der Waals surface area contributed by atoms with E-state index in [0.29, 0.717) is 35.6 Å². The number of alkyl halides is 6. The van der Waals surface area contributed by atoms with E-state index in [9.17, 15) is 41.0 Å². The SMILES string of the molecule is CC/C(=C\c1ccc(O)c2ccccc12)CC[C@H]1OC[C@H]2C1=C(COc1ccccc1)C[C@H]1C(=O)N(c3cc(C(F)(F)F)cc(C(F)(F)F)c3)C(=O)[C@H]12. The minimum Gasteiger partial charge on any atom is -0.507 e. The van der Waals surface area contributed by atoms with Crippen LogP contribution in [0.4, 0.5) is 32.0 Å². The zero-order valence-corrected chi connectivity index (χ0v) is 28.5. The number of hydrogen-bond donors (Lipinski definition) is 1. The highest BCUT2D eigenvalue weighted by Crippen LogP contribution is 2.51. The number of imide groups is 1. The molecule has 2 heterocycles. The van der Waals surface area contributed by atoms with Gasteiger partial charge in [-0.25, -0.2) is 4.90 Å². The van der Waals surface area contributed by atoms with Crippen LogP contribution in [0.25, 0.3) is 16.8 Å². The highest BCUT2D eigenvalue weighted by atomic mass is 19.4. The normalized spacial score (nSPS) is 22.1. The van der Waals surface area contributed by atoms with Crippen molar-refractivity contribution in [3.8, 4) is 11.5 Å². The van der Waals surface area contributed by atoms with Crippen LogP contribution in [0, 0.1) is 17.8 Å². The van der Waals surface area contributed by atoms with Crippen molar-refractivity contribution in [1.29, 1.82) is 0 Å². The van der Waals surface area contributed by atoms with E-state index in [1.54, 1.807) is 30.3 Å². The van der Waals surface area contributed by atoms with Gasteiger partial charge in [0.2, 0.25) is 11.8 Å². The fourth-order valence-electron chi connectivity index (χ4n) is 7.93. The molecule has 2 amide bonds. The highest BCUT2D eigenvalue weighted by Gasteiger charge is 2.58. The lowest BCUT2D eigenvalue weighted by Gasteiger charge is -2.31. The standard InChI is InChI=1S/C41H35F6NO5/c1-2-23(16-24-13-14-34(49)31-11-7-6-10-30(24)31)12-15-35-36-25(21-52-29-8-4-3-5-9-29)17-32-37(33(36)22-53-35)39(51)48(38(32)50)28-19-26(40(42,43)44)18-27(20-28)41(45,46)47/h3-11,13-14,16,18-20,32-33,35,37,49H,2,12,15,17,21-22H2,1H3/b23-16+/t32-,33+,35-,37-/m1/s1. The Labute approximate surface area is 301 Å². The van der Waals surface area contributed by atoms with Gasteiger partial charge in [-0.15, -0.1) is 0 Å². The summed E-state index contributed by atoms with van der Waals surface area (Å²) in [4.78, 5) is 28.5. The predicted molar refractivity (Wildman–Crippen MR) is 186 cm³/mol. The van der Waals surface area contributed by atoms with Gasteiger partial charge in [-0.2, -0.15) is 26.3 Å². The van der Waals surface area contributed by atoms with Crippen LogP contribution in [-0.4, -0.2) is 36.2 Å². The smallest absolute Gasteiger partial charge is 0.416 e. The minimum absolute atomic E-state index is 0.0290. The molecular formula is C41H35F6NO5.